The number of piperidine rings is 1. The summed E-state index contributed by atoms with van der Waals surface area (Å²) in [6.07, 6.45) is 2.84. The minimum Gasteiger partial charge on any atom is -0.481 e. The van der Waals surface area contributed by atoms with Crippen LogP contribution in [0.25, 0.3) is 10.9 Å². The molecule has 1 aromatic carbocycles. The summed E-state index contributed by atoms with van der Waals surface area (Å²) >= 11 is 0. The lowest BCUT2D eigenvalue weighted by molar-refractivity contribution is -0.146. The Hall–Kier alpha value is -2.30. The highest BCUT2D eigenvalue weighted by molar-refractivity contribution is 5.91. The molecule has 23 heavy (non-hydrogen) atoms. The van der Waals surface area contributed by atoms with Crippen molar-refractivity contribution in [2.75, 3.05) is 13.1 Å². The number of hydrogen-bond acceptors (Lipinski definition) is 2. The summed E-state index contributed by atoms with van der Waals surface area (Å²) in [4.78, 5) is 28.8. The number of rotatable bonds is 3. The van der Waals surface area contributed by atoms with E-state index >= 15 is 0 Å². The molecule has 1 aromatic heterocycles. The summed E-state index contributed by atoms with van der Waals surface area (Å²) in [6, 6.07) is 6.02. The second-order valence-corrected chi connectivity index (χ2v) is 6.66. The molecule has 0 radical (unpaired) electrons. The maximum Gasteiger partial charge on any atom is 0.308 e. The van der Waals surface area contributed by atoms with Gasteiger partial charge < -0.3 is 15.0 Å². The molecule has 1 amide bonds. The molecule has 1 fully saturated rings. The Bertz CT molecular complexity index is 750. The average molecular weight is 314 g/mol. The molecule has 0 saturated carbocycles. The van der Waals surface area contributed by atoms with Crippen LogP contribution in [0.2, 0.25) is 0 Å². The second-order valence-electron chi connectivity index (χ2n) is 6.66. The van der Waals surface area contributed by atoms with Gasteiger partial charge in [0.2, 0.25) is 5.91 Å². The number of carbonyl (C=O) groups is 2. The molecule has 3 rings (SSSR count). The fourth-order valence-electron chi connectivity index (χ4n) is 3.60. The van der Waals surface area contributed by atoms with Crippen molar-refractivity contribution in [3.8, 4) is 0 Å². The Labute approximate surface area is 135 Å². The lowest BCUT2D eigenvalue weighted by Gasteiger charge is -2.34. The molecule has 122 valence electrons. The van der Waals surface area contributed by atoms with Crippen LogP contribution < -0.4 is 0 Å². The van der Waals surface area contributed by atoms with Gasteiger partial charge in [-0.25, -0.2) is 0 Å². The third-order valence-corrected chi connectivity index (χ3v) is 4.70. The van der Waals surface area contributed by atoms with E-state index in [1.165, 1.54) is 0 Å². The van der Waals surface area contributed by atoms with Gasteiger partial charge >= 0.3 is 5.97 Å². The van der Waals surface area contributed by atoms with Crippen LogP contribution in [0.1, 0.15) is 24.5 Å². The highest BCUT2D eigenvalue weighted by atomic mass is 16.4. The fraction of sp³-hybridized carbons (Fsp3) is 0.444. The Kier molecular flexibility index (Phi) is 4.11. The van der Waals surface area contributed by atoms with Crippen LogP contribution >= 0.6 is 0 Å². The summed E-state index contributed by atoms with van der Waals surface area (Å²) in [5.41, 5.74) is 3.15. The van der Waals surface area contributed by atoms with Gasteiger partial charge in [-0.1, -0.05) is 19.1 Å². The summed E-state index contributed by atoms with van der Waals surface area (Å²) in [5, 5.41) is 10.3. The van der Waals surface area contributed by atoms with Gasteiger partial charge in [-0.05, 0) is 36.5 Å². The van der Waals surface area contributed by atoms with Crippen molar-refractivity contribution in [3.05, 3.63) is 35.5 Å². The number of fused-ring (bicyclic) bond motifs is 1. The van der Waals surface area contributed by atoms with Crippen molar-refractivity contribution in [3.63, 3.8) is 0 Å². The number of aromatic amines is 1. The Morgan fingerprint density at radius 1 is 1.35 bits per heavy atom. The summed E-state index contributed by atoms with van der Waals surface area (Å²) < 4.78 is 0. The van der Waals surface area contributed by atoms with Crippen molar-refractivity contribution in [1.29, 1.82) is 0 Å². The van der Waals surface area contributed by atoms with Gasteiger partial charge in [-0.2, -0.15) is 0 Å². The van der Waals surface area contributed by atoms with E-state index in [0.29, 0.717) is 25.9 Å². The minimum atomic E-state index is -0.808. The highest BCUT2D eigenvalue weighted by Crippen LogP contribution is 2.25. The third kappa shape index (κ3) is 3.09. The van der Waals surface area contributed by atoms with E-state index in [1.807, 2.05) is 38.2 Å². The first-order valence-electron chi connectivity index (χ1n) is 8.02. The Morgan fingerprint density at radius 2 is 2.13 bits per heavy atom. The summed E-state index contributed by atoms with van der Waals surface area (Å²) in [6.45, 7) is 5.00. The van der Waals surface area contributed by atoms with Crippen molar-refractivity contribution >= 4 is 22.8 Å². The van der Waals surface area contributed by atoms with Crippen LogP contribution in [-0.2, 0) is 16.0 Å². The van der Waals surface area contributed by atoms with Crippen LogP contribution in [0.15, 0.2) is 24.4 Å². The van der Waals surface area contributed by atoms with Gasteiger partial charge in [0, 0.05) is 30.2 Å². The lowest BCUT2D eigenvalue weighted by atomic mass is 9.90. The van der Waals surface area contributed by atoms with Crippen LogP contribution in [0.5, 0.6) is 0 Å². The number of amides is 1. The largest absolute Gasteiger partial charge is 0.481 e. The number of carboxylic acid groups (broad SMARTS) is 1. The summed E-state index contributed by atoms with van der Waals surface area (Å²) in [5.74, 6) is -1.03. The monoisotopic (exact) mass is 314 g/mol. The van der Waals surface area contributed by atoms with E-state index in [4.69, 9.17) is 0 Å². The quantitative estimate of drug-likeness (QED) is 0.914. The maximum absolute atomic E-state index is 12.7. The minimum absolute atomic E-state index is 0.00644. The number of carbonyl (C=O) groups excluding carboxylic acids is 1. The van der Waals surface area contributed by atoms with Crippen molar-refractivity contribution < 1.29 is 14.7 Å². The topological polar surface area (TPSA) is 73.4 Å². The fourth-order valence-corrected chi connectivity index (χ4v) is 3.60. The van der Waals surface area contributed by atoms with E-state index in [9.17, 15) is 14.7 Å². The molecule has 1 saturated heterocycles. The van der Waals surface area contributed by atoms with Gasteiger partial charge in [0.25, 0.3) is 0 Å². The maximum atomic E-state index is 12.7. The normalized spacial score (nSPS) is 21.6. The van der Waals surface area contributed by atoms with Crippen LogP contribution in [0, 0.1) is 18.8 Å². The molecule has 1 aliphatic heterocycles. The molecule has 0 aliphatic carbocycles. The van der Waals surface area contributed by atoms with Gasteiger partial charge in [-0.3, -0.25) is 9.59 Å². The number of aryl methyl sites for hydroxylation is 1. The summed E-state index contributed by atoms with van der Waals surface area (Å²) in [7, 11) is 0. The molecule has 0 bridgehead atoms. The first-order chi connectivity index (χ1) is 11.0. The zero-order valence-electron chi connectivity index (χ0n) is 13.5. The molecule has 2 heterocycles. The third-order valence-electron chi connectivity index (χ3n) is 4.70. The number of carboxylic acids is 1. The van der Waals surface area contributed by atoms with E-state index in [-0.39, 0.29) is 11.8 Å². The molecule has 2 N–H and O–H groups in total. The lowest BCUT2D eigenvalue weighted by Crippen LogP contribution is -2.46. The number of hydrogen-bond donors (Lipinski definition) is 2. The van der Waals surface area contributed by atoms with Gasteiger partial charge in [0.15, 0.2) is 0 Å². The second kappa shape index (κ2) is 6.07. The Balaban J connectivity index is 1.79. The first kappa shape index (κ1) is 15.6. The average Bonchev–Trinajstić information content (AvgIpc) is 2.91. The smallest absolute Gasteiger partial charge is 0.308 e. The zero-order valence-corrected chi connectivity index (χ0v) is 13.5. The van der Waals surface area contributed by atoms with E-state index in [1.54, 1.807) is 4.90 Å². The predicted octanol–water partition coefficient (Wildman–Crippen LogP) is 2.59. The van der Waals surface area contributed by atoms with Crippen molar-refractivity contribution in [2.24, 2.45) is 11.8 Å². The number of H-pyrrole nitrogens is 1. The van der Waals surface area contributed by atoms with E-state index in [2.05, 4.69) is 4.98 Å². The predicted molar refractivity (Wildman–Crippen MR) is 88.2 cm³/mol. The molecular weight excluding hydrogens is 292 g/mol. The van der Waals surface area contributed by atoms with Crippen molar-refractivity contribution in [2.45, 2.75) is 26.7 Å². The van der Waals surface area contributed by atoms with Crippen LogP contribution in [0.3, 0.4) is 0 Å². The number of benzene rings is 1. The molecule has 2 aromatic rings. The number of aliphatic carboxylic acids is 1. The molecular formula is C18H22N2O3. The number of nitrogens with zero attached hydrogens (tertiary/aromatic N) is 1. The van der Waals surface area contributed by atoms with Crippen LogP contribution in [-0.4, -0.2) is 40.0 Å². The van der Waals surface area contributed by atoms with Gasteiger partial charge in [0.05, 0.1) is 12.3 Å². The van der Waals surface area contributed by atoms with E-state index in [0.717, 1.165) is 22.0 Å². The standard InChI is InChI=1S/C18H22N2O3/c1-11-6-14(18(22)23)10-20(9-11)16(21)7-13-8-19-15-5-3-4-12(2)17(13)15/h3-5,8,11,14,19H,6-7,9-10H2,1-2H3,(H,22,23). The SMILES string of the molecule is Cc1cccc2[nH]cc(CC(=O)N3CC(C)CC(C(=O)O)C3)c12. The number of nitrogens with one attached hydrogen (secondary N) is 1. The van der Waals surface area contributed by atoms with Gasteiger partial charge in [0.1, 0.15) is 0 Å². The molecule has 1 aliphatic rings. The van der Waals surface area contributed by atoms with Crippen molar-refractivity contribution in [1.82, 2.24) is 9.88 Å². The first-order valence-corrected chi connectivity index (χ1v) is 8.02. The molecule has 0 spiro atoms. The van der Waals surface area contributed by atoms with Gasteiger partial charge in [-0.15, -0.1) is 0 Å². The number of aromatic nitrogens is 1. The zero-order chi connectivity index (χ0) is 16.6. The van der Waals surface area contributed by atoms with E-state index < -0.39 is 11.9 Å². The molecule has 5 nitrogen and oxygen atoms in total. The molecule has 2 atom stereocenters. The Morgan fingerprint density at radius 3 is 2.87 bits per heavy atom. The highest BCUT2D eigenvalue weighted by Gasteiger charge is 2.31. The molecule has 2 unspecified atom stereocenters. The number of likely N-dealkylation sites (tertiary alicyclic amines) is 1. The van der Waals surface area contributed by atoms with Crippen LogP contribution in [0.4, 0.5) is 0 Å². The molecule has 5 heteroatoms.